The molecule has 138 valence electrons. The quantitative estimate of drug-likeness (QED) is 0.537. The number of nitro groups is 1. The Bertz CT molecular complexity index is 1120. The molecule has 4 rings (SSSR count). The highest BCUT2D eigenvalue weighted by atomic mass is 32.2. The number of anilines is 1. The summed E-state index contributed by atoms with van der Waals surface area (Å²) in [5.74, 6) is 1.07. The van der Waals surface area contributed by atoms with Crippen molar-refractivity contribution in [3.05, 3.63) is 70.7 Å². The third-order valence-corrected chi connectivity index (χ3v) is 5.87. The smallest absolute Gasteiger partial charge is 0.270 e. The molecule has 0 unspecified atom stereocenters. The Morgan fingerprint density at radius 2 is 1.93 bits per heavy atom. The standard InChI is InChI=1S/C18H16N4O4S/c23-22(24)15-3-1-4-16(11-15)27(25,26)20-14-8-6-13(7-9-14)17-12-19-18-5-2-10-21(17)18/h1,3-4,6-9,11-12,20H,2,5,10H2. The van der Waals surface area contributed by atoms with Crippen molar-refractivity contribution in [1.29, 1.82) is 0 Å². The van der Waals surface area contributed by atoms with Gasteiger partial charge in [-0.15, -0.1) is 0 Å². The molecule has 2 heterocycles. The SMILES string of the molecule is O=[N+]([O-])c1cccc(S(=O)(=O)Nc2ccc(-c3cnc4n3CCC4)cc2)c1. The van der Waals surface area contributed by atoms with Crippen molar-refractivity contribution in [1.82, 2.24) is 9.55 Å². The molecule has 0 amide bonds. The van der Waals surface area contributed by atoms with Crippen LogP contribution in [0.4, 0.5) is 11.4 Å². The van der Waals surface area contributed by atoms with Crippen LogP contribution in [0.15, 0.2) is 59.6 Å². The minimum Gasteiger partial charge on any atom is -0.328 e. The molecular formula is C18H16N4O4S. The van der Waals surface area contributed by atoms with Gasteiger partial charge in [0.25, 0.3) is 15.7 Å². The maximum Gasteiger partial charge on any atom is 0.270 e. The Morgan fingerprint density at radius 3 is 2.67 bits per heavy atom. The van der Waals surface area contributed by atoms with Gasteiger partial charge in [0.05, 0.1) is 21.7 Å². The molecule has 1 aromatic heterocycles. The third kappa shape index (κ3) is 3.28. The van der Waals surface area contributed by atoms with Crippen LogP contribution in [0.1, 0.15) is 12.2 Å². The topological polar surface area (TPSA) is 107 Å². The molecule has 1 aliphatic heterocycles. The molecule has 8 nitrogen and oxygen atoms in total. The first-order valence-corrected chi connectivity index (χ1v) is 9.84. The predicted molar refractivity (Wildman–Crippen MR) is 99.9 cm³/mol. The van der Waals surface area contributed by atoms with Crippen molar-refractivity contribution in [2.24, 2.45) is 0 Å². The molecule has 9 heteroatoms. The van der Waals surface area contributed by atoms with E-state index in [4.69, 9.17) is 0 Å². The van der Waals surface area contributed by atoms with Gasteiger partial charge in [0.2, 0.25) is 0 Å². The van der Waals surface area contributed by atoms with Crippen molar-refractivity contribution >= 4 is 21.4 Å². The molecule has 0 spiro atoms. The summed E-state index contributed by atoms with van der Waals surface area (Å²) in [6, 6.07) is 11.9. The van der Waals surface area contributed by atoms with E-state index in [1.165, 1.54) is 18.2 Å². The van der Waals surface area contributed by atoms with Gasteiger partial charge in [-0.3, -0.25) is 14.8 Å². The first-order chi connectivity index (χ1) is 12.9. The fourth-order valence-corrected chi connectivity index (χ4v) is 4.27. The summed E-state index contributed by atoms with van der Waals surface area (Å²) >= 11 is 0. The lowest BCUT2D eigenvalue weighted by Gasteiger charge is -2.09. The summed E-state index contributed by atoms with van der Waals surface area (Å²) < 4.78 is 29.6. The zero-order valence-corrected chi connectivity index (χ0v) is 15.0. The van der Waals surface area contributed by atoms with Crippen molar-refractivity contribution in [2.45, 2.75) is 24.3 Å². The van der Waals surface area contributed by atoms with Crippen LogP contribution < -0.4 is 4.72 Å². The highest BCUT2D eigenvalue weighted by Crippen LogP contribution is 2.27. The summed E-state index contributed by atoms with van der Waals surface area (Å²) in [4.78, 5) is 14.5. The first kappa shape index (κ1) is 17.2. The second-order valence-electron chi connectivity index (χ2n) is 6.25. The molecule has 0 saturated carbocycles. The summed E-state index contributed by atoms with van der Waals surface area (Å²) in [7, 11) is -3.92. The molecule has 0 atom stereocenters. The molecular weight excluding hydrogens is 368 g/mol. The Morgan fingerprint density at radius 1 is 1.15 bits per heavy atom. The first-order valence-electron chi connectivity index (χ1n) is 8.36. The van der Waals surface area contributed by atoms with E-state index < -0.39 is 14.9 Å². The zero-order chi connectivity index (χ0) is 19.0. The lowest BCUT2D eigenvalue weighted by molar-refractivity contribution is -0.385. The number of sulfonamides is 1. The highest BCUT2D eigenvalue weighted by Gasteiger charge is 2.19. The minimum atomic E-state index is -3.92. The van der Waals surface area contributed by atoms with Crippen LogP contribution in [-0.2, 0) is 23.0 Å². The lowest BCUT2D eigenvalue weighted by atomic mass is 10.1. The van der Waals surface area contributed by atoms with E-state index in [1.807, 2.05) is 18.3 Å². The van der Waals surface area contributed by atoms with Crippen LogP contribution in [0.3, 0.4) is 0 Å². The number of fused-ring (bicyclic) bond motifs is 1. The normalized spacial score (nSPS) is 13.3. The Kier molecular flexibility index (Phi) is 4.15. The number of nitro benzene ring substituents is 1. The van der Waals surface area contributed by atoms with Gasteiger partial charge >= 0.3 is 0 Å². The average molecular weight is 384 g/mol. The number of nitrogens with zero attached hydrogens (tertiary/aromatic N) is 3. The molecule has 27 heavy (non-hydrogen) atoms. The lowest BCUT2D eigenvalue weighted by Crippen LogP contribution is -2.13. The molecule has 0 radical (unpaired) electrons. The van der Waals surface area contributed by atoms with Gasteiger partial charge in [-0.25, -0.2) is 13.4 Å². The maximum absolute atomic E-state index is 12.5. The van der Waals surface area contributed by atoms with E-state index in [1.54, 1.807) is 12.1 Å². The summed E-state index contributed by atoms with van der Waals surface area (Å²) in [5.41, 5.74) is 2.07. The third-order valence-electron chi connectivity index (χ3n) is 4.49. The van der Waals surface area contributed by atoms with Crippen molar-refractivity contribution < 1.29 is 13.3 Å². The van der Waals surface area contributed by atoms with E-state index >= 15 is 0 Å². The van der Waals surface area contributed by atoms with E-state index in [0.29, 0.717) is 5.69 Å². The number of aromatic nitrogens is 2. The van der Waals surface area contributed by atoms with Crippen LogP contribution in [0.2, 0.25) is 0 Å². The van der Waals surface area contributed by atoms with Crippen molar-refractivity contribution in [3.8, 4) is 11.3 Å². The number of benzene rings is 2. The Hall–Kier alpha value is -3.20. The Balaban J connectivity index is 1.57. The van der Waals surface area contributed by atoms with Gasteiger partial charge < -0.3 is 4.57 Å². The number of non-ortho nitro benzene ring substituents is 1. The molecule has 0 aliphatic carbocycles. The maximum atomic E-state index is 12.5. The highest BCUT2D eigenvalue weighted by molar-refractivity contribution is 7.92. The van der Waals surface area contributed by atoms with E-state index in [9.17, 15) is 18.5 Å². The predicted octanol–water partition coefficient (Wildman–Crippen LogP) is 3.21. The van der Waals surface area contributed by atoms with Crippen LogP contribution in [0.5, 0.6) is 0 Å². The number of aryl methyl sites for hydroxylation is 1. The van der Waals surface area contributed by atoms with Crippen molar-refractivity contribution in [3.63, 3.8) is 0 Å². The number of nitrogens with one attached hydrogen (secondary N) is 1. The van der Waals surface area contributed by atoms with Crippen molar-refractivity contribution in [2.75, 3.05) is 4.72 Å². The zero-order valence-electron chi connectivity index (χ0n) is 14.2. The van der Waals surface area contributed by atoms with Crippen LogP contribution >= 0.6 is 0 Å². The fourth-order valence-electron chi connectivity index (χ4n) is 3.18. The van der Waals surface area contributed by atoms with Gasteiger partial charge in [-0.05, 0) is 30.2 Å². The fraction of sp³-hybridized carbons (Fsp3) is 0.167. The Labute approximate surface area is 155 Å². The van der Waals surface area contributed by atoms with Gasteiger partial charge in [0.1, 0.15) is 5.82 Å². The van der Waals surface area contributed by atoms with E-state index in [2.05, 4.69) is 14.3 Å². The number of imidazole rings is 1. The van der Waals surface area contributed by atoms with Gasteiger partial charge in [0.15, 0.2) is 0 Å². The number of hydrogen-bond donors (Lipinski definition) is 1. The van der Waals surface area contributed by atoms with Gasteiger partial charge in [-0.2, -0.15) is 0 Å². The molecule has 0 fully saturated rings. The molecule has 0 saturated heterocycles. The monoisotopic (exact) mass is 384 g/mol. The summed E-state index contributed by atoms with van der Waals surface area (Å²) in [5, 5.41) is 10.9. The van der Waals surface area contributed by atoms with Crippen LogP contribution in [-0.4, -0.2) is 22.9 Å². The minimum absolute atomic E-state index is 0.158. The number of hydrogen-bond acceptors (Lipinski definition) is 5. The molecule has 1 aliphatic rings. The molecule has 3 aromatic rings. The van der Waals surface area contributed by atoms with Crippen LogP contribution in [0.25, 0.3) is 11.3 Å². The van der Waals surface area contributed by atoms with Crippen LogP contribution in [0, 0.1) is 10.1 Å². The summed E-state index contributed by atoms with van der Waals surface area (Å²) in [6.45, 7) is 0.936. The van der Waals surface area contributed by atoms with Gasteiger partial charge in [-0.1, -0.05) is 18.2 Å². The molecule has 1 N–H and O–H groups in total. The molecule has 2 aromatic carbocycles. The second kappa shape index (κ2) is 6.51. The van der Waals surface area contributed by atoms with E-state index in [0.717, 1.165) is 42.5 Å². The second-order valence-corrected chi connectivity index (χ2v) is 7.93. The number of rotatable bonds is 5. The average Bonchev–Trinajstić information content (AvgIpc) is 3.26. The largest absolute Gasteiger partial charge is 0.328 e. The summed E-state index contributed by atoms with van der Waals surface area (Å²) in [6.07, 6.45) is 3.88. The van der Waals surface area contributed by atoms with E-state index in [-0.39, 0.29) is 10.6 Å². The van der Waals surface area contributed by atoms with Gasteiger partial charge in [0, 0.05) is 30.8 Å². The molecule has 0 bridgehead atoms.